The van der Waals surface area contributed by atoms with Crippen molar-refractivity contribution in [2.45, 2.75) is 45.4 Å². The van der Waals surface area contributed by atoms with Gasteiger partial charge in [-0.2, -0.15) is 0 Å². The van der Waals surface area contributed by atoms with E-state index in [-0.39, 0.29) is 19.1 Å². The van der Waals surface area contributed by atoms with E-state index in [1.165, 1.54) is 0 Å². The van der Waals surface area contributed by atoms with Crippen LogP contribution >= 0.6 is 0 Å². The fourth-order valence-corrected chi connectivity index (χ4v) is 1.73. The number of hydrogen-bond acceptors (Lipinski definition) is 5. The lowest BCUT2D eigenvalue weighted by atomic mass is 10.2. The van der Waals surface area contributed by atoms with Gasteiger partial charge in [-0.1, -0.05) is 19.1 Å². The van der Waals surface area contributed by atoms with Gasteiger partial charge in [0.15, 0.2) is 0 Å². The van der Waals surface area contributed by atoms with Crippen molar-refractivity contribution in [3.8, 4) is 18.1 Å². The summed E-state index contributed by atoms with van der Waals surface area (Å²) in [5.41, 5.74) is 0.793. The Morgan fingerprint density at radius 1 is 1.29 bits per heavy atom. The summed E-state index contributed by atoms with van der Waals surface area (Å²) in [5, 5.41) is 2.44. The molecule has 0 fully saturated rings. The first-order valence-electron chi connectivity index (χ1n) is 7.70. The highest BCUT2D eigenvalue weighted by Gasteiger charge is 2.23. The molecule has 0 saturated heterocycles. The van der Waals surface area contributed by atoms with Crippen LogP contribution in [0.1, 0.15) is 32.3 Å². The molecule has 0 heterocycles. The number of hydrogen-bond donors (Lipinski definition) is 1. The number of amides is 1. The van der Waals surface area contributed by atoms with Gasteiger partial charge in [-0.25, -0.2) is 9.59 Å². The molecule has 130 valence electrons. The molecule has 0 aliphatic carbocycles. The lowest BCUT2D eigenvalue weighted by Crippen LogP contribution is -2.42. The number of terminal acetylenes is 1. The number of carbonyl (C=O) groups is 2. The van der Waals surface area contributed by atoms with Crippen LogP contribution in [0.25, 0.3) is 0 Å². The predicted octanol–water partition coefficient (Wildman–Crippen LogP) is 2.66. The van der Waals surface area contributed by atoms with Gasteiger partial charge in [-0.05, 0) is 31.0 Å². The summed E-state index contributed by atoms with van der Waals surface area (Å²) in [5.74, 6) is 2.49. The number of benzene rings is 1. The van der Waals surface area contributed by atoms with Crippen molar-refractivity contribution in [3.05, 3.63) is 29.8 Å². The van der Waals surface area contributed by atoms with Crippen molar-refractivity contribution in [1.29, 1.82) is 0 Å². The van der Waals surface area contributed by atoms with Gasteiger partial charge in [0.1, 0.15) is 18.4 Å². The molecule has 2 unspecified atom stereocenters. The maximum Gasteiger partial charge on any atom is 0.408 e. The van der Waals surface area contributed by atoms with Crippen molar-refractivity contribution in [3.63, 3.8) is 0 Å². The van der Waals surface area contributed by atoms with Crippen molar-refractivity contribution < 1.29 is 23.8 Å². The van der Waals surface area contributed by atoms with E-state index in [4.69, 9.17) is 20.6 Å². The average Bonchev–Trinajstić information content (AvgIpc) is 2.59. The first-order chi connectivity index (χ1) is 11.5. The normalized spacial score (nSPS) is 12.4. The van der Waals surface area contributed by atoms with E-state index in [9.17, 15) is 9.59 Å². The summed E-state index contributed by atoms with van der Waals surface area (Å²) in [7, 11) is 1.57. The molecule has 1 aromatic rings. The third-order valence-electron chi connectivity index (χ3n) is 3.32. The fraction of sp³-hybridized carbons (Fsp3) is 0.444. The maximum absolute atomic E-state index is 12.0. The smallest absolute Gasteiger partial charge is 0.408 e. The molecule has 0 aliphatic rings. The van der Waals surface area contributed by atoms with Crippen LogP contribution in [0.2, 0.25) is 0 Å². The van der Waals surface area contributed by atoms with E-state index in [0.29, 0.717) is 12.2 Å². The number of ether oxygens (including phenoxy) is 3. The molecular weight excluding hydrogens is 310 g/mol. The van der Waals surface area contributed by atoms with Gasteiger partial charge in [0.2, 0.25) is 0 Å². The first-order valence-corrected chi connectivity index (χ1v) is 7.70. The summed E-state index contributed by atoms with van der Waals surface area (Å²) in [6.45, 7) is 3.73. The van der Waals surface area contributed by atoms with Crippen molar-refractivity contribution in [2.75, 3.05) is 7.11 Å². The second kappa shape index (κ2) is 10.2. The highest BCUT2D eigenvalue weighted by molar-refractivity contribution is 5.81. The topological polar surface area (TPSA) is 73.9 Å². The van der Waals surface area contributed by atoms with Gasteiger partial charge < -0.3 is 19.5 Å². The minimum absolute atomic E-state index is 0.0346. The minimum atomic E-state index is -0.924. The quantitative estimate of drug-likeness (QED) is 0.585. The Labute approximate surface area is 142 Å². The molecule has 0 bridgehead atoms. The molecule has 24 heavy (non-hydrogen) atoms. The third-order valence-corrected chi connectivity index (χ3v) is 3.32. The Morgan fingerprint density at radius 2 is 1.96 bits per heavy atom. The van der Waals surface area contributed by atoms with Gasteiger partial charge in [0.05, 0.1) is 13.2 Å². The summed E-state index contributed by atoms with van der Waals surface area (Å²) in [6.07, 6.45) is 4.98. The van der Waals surface area contributed by atoms with Crippen molar-refractivity contribution in [2.24, 2.45) is 0 Å². The molecule has 0 aromatic heterocycles. The van der Waals surface area contributed by atoms with Crippen LogP contribution in [0.15, 0.2) is 24.3 Å². The van der Waals surface area contributed by atoms with Crippen molar-refractivity contribution >= 4 is 12.1 Å². The number of methoxy groups -OCH3 is 1. The Kier molecular flexibility index (Phi) is 8.20. The van der Waals surface area contributed by atoms with Crippen molar-refractivity contribution in [1.82, 2.24) is 5.32 Å². The molecule has 0 radical (unpaired) electrons. The molecule has 6 heteroatoms. The lowest BCUT2D eigenvalue weighted by molar-refractivity contribution is -0.150. The van der Waals surface area contributed by atoms with Crippen LogP contribution in [0, 0.1) is 12.3 Å². The number of nitrogens with one attached hydrogen (secondary N) is 1. The molecule has 2 atom stereocenters. The molecule has 1 aromatic carbocycles. The van der Waals surface area contributed by atoms with E-state index in [0.717, 1.165) is 5.56 Å². The van der Waals surface area contributed by atoms with Gasteiger partial charge in [0.25, 0.3) is 0 Å². The summed E-state index contributed by atoms with van der Waals surface area (Å²) >= 11 is 0. The maximum atomic E-state index is 12.0. The van der Waals surface area contributed by atoms with Crippen LogP contribution in [0.3, 0.4) is 0 Å². The SMILES string of the molecule is C#CCC(NC(=O)OCc1ccc(OC)cc1)C(=O)OC(C)CC. The number of carbonyl (C=O) groups excluding carboxylic acids is 2. The van der Waals surface area contributed by atoms with E-state index >= 15 is 0 Å². The zero-order valence-electron chi connectivity index (χ0n) is 14.2. The Balaban J connectivity index is 2.52. The monoisotopic (exact) mass is 333 g/mol. The Hall–Kier alpha value is -2.68. The van der Waals surface area contributed by atoms with Crippen LogP contribution < -0.4 is 10.1 Å². The summed E-state index contributed by atoms with van der Waals surface area (Å²) < 4.78 is 15.3. The zero-order chi connectivity index (χ0) is 17.9. The van der Waals surface area contributed by atoms with Crippen LogP contribution in [-0.2, 0) is 20.9 Å². The molecule has 0 saturated carbocycles. The average molecular weight is 333 g/mol. The van der Waals surface area contributed by atoms with E-state index in [1.54, 1.807) is 38.3 Å². The number of esters is 1. The summed E-state index contributed by atoms with van der Waals surface area (Å²) in [4.78, 5) is 23.8. The molecule has 1 amide bonds. The van der Waals surface area contributed by atoms with E-state index < -0.39 is 18.1 Å². The molecule has 6 nitrogen and oxygen atoms in total. The fourth-order valence-electron chi connectivity index (χ4n) is 1.73. The van der Waals surface area contributed by atoms with Gasteiger partial charge >= 0.3 is 12.1 Å². The predicted molar refractivity (Wildman–Crippen MR) is 89.4 cm³/mol. The second-order valence-electron chi connectivity index (χ2n) is 5.19. The zero-order valence-corrected chi connectivity index (χ0v) is 14.2. The number of alkyl carbamates (subject to hydrolysis) is 1. The first kappa shape index (κ1) is 19.4. The molecule has 0 spiro atoms. The molecule has 1 rings (SSSR count). The Morgan fingerprint density at radius 3 is 2.50 bits per heavy atom. The van der Waals surface area contributed by atoms with Crippen LogP contribution in [0.5, 0.6) is 5.75 Å². The van der Waals surface area contributed by atoms with Crippen LogP contribution in [0.4, 0.5) is 4.79 Å². The van der Waals surface area contributed by atoms with Gasteiger partial charge in [-0.3, -0.25) is 0 Å². The highest BCUT2D eigenvalue weighted by Crippen LogP contribution is 2.12. The Bertz CT molecular complexity index is 576. The van der Waals surface area contributed by atoms with Gasteiger partial charge in [-0.15, -0.1) is 12.3 Å². The van der Waals surface area contributed by atoms with E-state index in [1.807, 2.05) is 6.92 Å². The largest absolute Gasteiger partial charge is 0.497 e. The third kappa shape index (κ3) is 6.61. The standard InChI is InChI=1S/C18H23NO5/c1-5-7-16(17(20)24-13(3)6-2)19-18(21)23-12-14-8-10-15(22-4)11-9-14/h1,8-11,13,16H,6-7,12H2,2-4H3,(H,19,21). The molecular formula is C18H23NO5. The lowest BCUT2D eigenvalue weighted by Gasteiger charge is -2.18. The molecule has 0 aliphatic heterocycles. The summed E-state index contributed by atoms with van der Waals surface area (Å²) in [6, 6.07) is 6.17. The highest BCUT2D eigenvalue weighted by atomic mass is 16.6. The second-order valence-corrected chi connectivity index (χ2v) is 5.19. The van der Waals surface area contributed by atoms with Gasteiger partial charge in [0, 0.05) is 6.42 Å². The minimum Gasteiger partial charge on any atom is -0.497 e. The van der Waals surface area contributed by atoms with Crippen LogP contribution in [-0.4, -0.2) is 31.3 Å². The number of rotatable bonds is 8. The molecule has 1 N–H and O–H groups in total. The van der Waals surface area contributed by atoms with E-state index in [2.05, 4.69) is 11.2 Å².